The number of ether oxygens (including phenoxy) is 1. The van der Waals surface area contributed by atoms with Crippen LogP contribution >= 0.6 is 0 Å². The summed E-state index contributed by atoms with van der Waals surface area (Å²) < 4.78 is 5.08. The van der Waals surface area contributed by atoms with E-state index < -0.39 is 12.2 Å². The predicted molar refractivity (Wildman–Crippen MR) is 72.3 cm³/mol. The Morgan fingerprint density at radius 1 is 1.26 bits per heavy atom. The van der Waals surface area contributed by atoms with Crippen LogP contribution < -0.4 is 4.74 Å². The number of aliphatic hydroxyl groups excluding tert-OH is 2. The van der Waals surface area contributed by atoms with Crippen LogP contribution in [0.4, 0.5) is 0 Å². The third kappa shape index (κ3) is 4.89. The molecule has 5 nitrogen and oxygen atoms in total. The standard InChI is InChI=1S/C14H21NO4/c1-10(16)8-15(9-11(2)17)14(18)12-5-4-6-13(7-12)19-3/h4-7,10-11,16-17H,8-9H2,1-3H3. The van der Waals surface area contributed by atoms with Crippen LogP contribution in [0.25, 0.3) is 0 Å². The topological polar surface area (TPSA) is 70.0 Å². The highest BCUT2D eigenvalue weighted by Crippen LogP contribution is 2.15. The lowest BCUT2D eigenvalue weighted by atomic mass is 10.1. The zero-order chi connectivity index (χ0) is 14.4. The van der Waals surface area contributed by atoms with Gasteiger partial charge in [-0.05, 0) is 32.0 Å². The van der Waals surface area contributed by atoms with Gasteiger partial charge < -0.3 is 19.8 Å². The molecule has 0 saturated carbocycles. The number of amides is 1. The molecule has 1 aromatic carbocycles. The van der Waals surface area contributed by atoms with E-state index in [-0.39, 0.29) is 19.0 Å². The number of methoxy groups -OCH3 is 1. The average molecular weight is 267 g/mol. The maximum atomic E-state index is 12.3. The lowest BCUT2D eigenvalue weighted by Crippen LogP contribution is -2.40. The summed E-state index contributed by atoms with van der Waals surface area (Å²) in [5.74, 6) is 0.362. The van der Waals surface area contributed by atoms with E-state index >= 15 is 0 Å². The SMILES string of the molecule is COc1cccc(C(=O)N(CC(C)O)CC(C)O)c1. The summed E-state index contributed by atoms with van der Waals surface area (Å²) in [5.41, 5.74) is 0.473. The molecule has 0 radical (unpaired) electrons. The summed E-state index contributed by atoms with van der Waals surface area (Å²) in [5, 5.41) is 18.9. The number of carbonyl (C=O) groups excluding carboxylic acids is 1. The first-order chi connectivity index (χ1) is 8.93. The van der Waals surface area contributed by atoms with Crippen molar-refractivity contribution in [1.82, 2.24) is 4.90 Å². The van der Waals surface area contributed by atoms with Gasteiger partial charge in [0.05, 0.1) is 19.3 Å². The minimum Gasteiger partial charge on any atom is -0.497 e. The van der Waals surface area contributed by atoms with Crippen LogP contribution in [-0.4, -0.2) is 53.4 Å². The number of hydrogen-bond donors (Lipinski definition) is 2. The molecule has 1 amide bonds. The number of hydrogen-bond acceptors (Lipinski definition) is 4. The van der Waals surface area contributed by atoms with Crippen molar-refractivity contribution in [1.29, 1.82) is 0 Å². The monoisotopic (exact) mass is 267 g/mol. The molecule has 0 bridgehead atoms. The smallest absolute Gasteiger partial charge is 0.254 e. The molecule has 0 aliphatic heterocycles. The zero-order valence-electron chi connectivity index (χ0n) is 11.5. The molecule has 106 valence electrons. The Morgan fingerprint density at radius 3 is 2.32 bits per heavy atom. The molecule has 2 atom stereocenters. The fourth-order valence-electron chi connectivity index (χ4n) is 1.82. The normalized spacial score (nSPS) is 13.7. The van der Waals surface area contributed by atoms with Gasteiger partial charge in [-0.3, -0.25) is 4.79 Å². The maximum absolute atomic E-state index is 12.3. The second kappa shape index (κ2) is 7.11. The van der Waals surface area contributed by atoms with Crippen LogP contribution in [0.3, 0.4) is 0 Å². The molecule has 0 fully saturated rings. The number of aliphatic hydroxyl groups is 2. The van der Waals surface area contributed by atoms with Gasteiger partial charge in [-0.15, -0.1) is 0 Å². The molecule has 2 unspecified atom stereocenters. The molecule has 0 aliphatic rings. The average Bonchev–Trinajstić information content (AvgIpc) is 2.36. The number of benzene rings is 1. The fourth-order valence-corrected chi connectivity index (χ4v) is 1.82. The van der Waals surface area contributed by atoms with E-state index in [2.05, 4.69) is 0 Å². The summed E-state index contributed by atoms with van der Waals surface area (Å²) in [6.45, 7) is 3.57. The molecular formula is C14H21NO4. The van der Waals surface area contributed by atoms with E-state index in [1.165, 1.54) is 12.0 Å². The van der Waals surface area contributed by atoms with Crippen molar-refractivity contribution in [3.8, 4) is 5.75 Å². The van der Waals surface area contributed by atoms with E-state index in [9.17, 15) is 15.0 Å². The fraction of sp³-hybridized carbons (Fsp3) is 0.500. The molecule has 19 heavy (non-hydrogen) atoms. The Bertz CT molecular complexity index is 408. The molecule has 2 N–H and O–H groups in total. The van der Waals surface area contributed by atoms with Crippen molar-refractivity contribution in [2.75, 3.05) is 20.2 Å². The first-order valence-electron chi connectivity index (χ1n) is 6.23. The highest BCUT2D eigenvalue weighted by atomic mass is 16.5. The summed E-state index contributed by atoms with van der Waals surface area (Å²) in [6.07, 6.45) is -1.29. The Morgan fingerprint density at radius 2 is 1.84 bits per heavy atom. The Kier molecular flexibility index (Phi) is 5.79. The zero-order valence-corrected chi connectivity index (χ0v) is 11.5. The van der Waals surface area contributed by atoms with Gasteiger partial charge >= 0.3 is 0 Å². The maximum Gasteiger partial charge on any atom is 0.254 e. The van der Waals surface area contributed by atoms with Crippen LogP contribution in [0.2, 0.25) is 0 Å². The molecule has 0 aromatic heterocycles. The molecule has 5 heteroatoms. The second-order valence-corrected chi connectivity index (χ2v) is 4.64. The van der Waals surface area contributed by atoms with Crippen molar-refractivity contribution >= 4 is 5.91 Å². The first kappa shape index (κ1) is 15.5. The Balaban J connectivity index is 2.90. The predicted octanol–water partition coefficient (Wildman–Crippen LogP) is 0.899. The highest BCUT2D eigenvalue weighted by Gasteiger charge is 2.19. The van der Waals surface area contributed by atoms with Gasteiger partial charge in [-0.2, -0.15) is 0 Å². The van der Waals surface area contributed by atoms with Crippen LogP contribution in [-0.2, 0) is 0 Å². The number of carbonyl (C=O) groups is 1. The van der Waals surface area contributed by atoms with Gasteiger partial charge in [0.15, 0.2) is 0 Å². The molecule has 1 rings (SSSR count). The van der Waals surface area contributed by atoms with Gasteiger partial charge in [0.2, 0.25) is 0 Å². The lowest BCUT2D eigenvalue weighted by molar-refractivity contribution is 0.0517. The van der Waals surface area contributed by atoms with E-state index in [4.69, 9.17) is 4.74 Å². The quantitative estimate of drug-likeness (QED) is 0.803. The molecule has 1 aromatic rings. The van der Waals surface area contributed by atoms with E-state index in [0.29, 0.717) is 11.3 Å². The molecular weight excluding hydrogens is 246 g/mol. The van der Waals surface area contributed by atoms with E-state index in [0.717, 1.165) is 0 Å². The van der Waals surface area contributed by atoms with Gasteiger partial charge in [-0.25, -0.2) is 0 Å². The summed E-state index contributed by atoms with van der Waals surface area (Å²) in [4.78, 5) is 13.8. The van der Waals surface area contributed by atoms with Crippen molar-refractivity contribution in [3.63, 3.8) is 0 Å². The molecule has 0 saturated heterocycles. The third-order valence-electron chi connectivity index (χ3n) is 2.57. The van der Waals surface area contributed by atoms with Crippen LogP contribution in [0.15, 0.2) is 24.3 Å². The van der Waals surface area contributed by atoms with Crippen molar-refractivity contribution in [3.05, 3.63) is 29.8 Å². The molecule has 0 spiro atoms. The van der Waals surface area contributed by atoms with E-state index in [1.807, 2.05) is 0 Å². The van der Waals surface area contributed by atoms with Crippen molar-refractivity contribution < 1.29 is 19.7 Å². The van der Waals surface area contributed by atoms with Crippen molar-refractivity contribution in [2.45, 2.75) is 26.1 Å². The molecule has 0 aliphatic carbocycles. The van der Waals surface area contributed by atoms with Crippen LogP contribution in [0.1, 0.15) is 24.2 Å². The minimum absolute atomic E-state index is 0.181. The van der Waals surface area contributed by atoms with Crippen LogP contribution in [0.5, 0.6) is 5.75 Å². The van der Waals surface area contributed by atoms with Gasteiger partial charge in [0, 0.05) is 18.7 Å². The lowest BCUT2D eigenvalue weighted by Gasteiger charge is -2.25. The van der Waals surface area contributed by atoms with Gasteiger partial charge in [0.25, 0.3) is 5.91 Å². The summed E-state index contributed by atoms with van der Waals surface area (Å²) in [7, 11) is 1.53. The molecule has 0 heterocycles. The summed E-state index contributed by atoms with van der Waals surface area (Å²) >= 11 is 0. The van der Waals surface area contributed by atoms with Gasteiger partial charge in [0.1, 0.15) is 5.75 Å². The number of nitrogens with zero attached hydrogens (tertiary/aromatic N) is 1. The second-order valence-electron chi connectivity index (χ2n) is 4.64. The largest absolute Gasteiger partial charge is 0.497 e. The Hall–Kier alpha value is -1.59. The van der Waals surface area contributed by atoms with Crippen LogP contribution in [0, 0.1) is 0 Å². The van der Waals surface area contributed by atoms with Crippen molar-refractivity contribution in [2.24, 2.45) is 0 Å². The Labute approximate surface area is 113 Å². The highest BCUT2D eigenvalue weighted by molar-refractivity contribution is 5.94. The number of rotatable bonds is 6. The first-order valence-corrected chi connectivity index (χ1v) is 6.23. The summed E-state index contributed by atoms with van der Waals surface area (Å²) in [6, 6.07) is 6.81. The van der Waals surface area contributed by atoms with Gasteiger partial charge in [-0.1, -0.05) is 6.07 Å². The minimum atomic E-state index is -0.645. The van der Waals surface area contributed by atoms with E-state index in [1.54, 1.807) is 38.1 Å². The third-order valence-corrected chi connectivity index (χ3v) is 2.57.